The molecule has 4 aliphatic carbocycles. The molecule has 2 bridgehead atoms. The lowest BCUT2D eigenvalue weighted by Crippen LogP contribution is -2.65. The van der Waals surface area contributed by atoms with Crippen molar-refractivity contribution in [1.29, 1.82) is 0 Å². The molecule has 2 unspecified atom stereocenters. The van der Waals surface area contributed by atoms with E-state index < -0.39 is 0 Å². The Bertz CT molecular complexity index is 411. The van der Waals surface area contributed by atoms with E-state index in [-0.39, 0.29) is 24.1 Å². The molecule has 4 heteroatoms. The third kappa shape index (κ3) is 1.78. The fraction of sp³-hybridized carbons (Fsp3) is 1.00. The lowest BCUT2D eigenvalue weighted by atomic mass is 9.43. The molecular formula is C16H26BClO2. The van der Waals surface area contributed by atoms with Gasteiger partial charge in [0.1, 0.15) is 0 Å². The molecule has 5 fully saturated rings. The maximum atomic E-state index is 6.60. The lowest BCUT2D eigenvalue weighted by molar-refractivity contribution is -0.199. The van der Waals surface area contributed by atoms with E-state index in [1.807, 2.05) is 0 Å². The van der Waals surface area contributed by atoms with Gasteiger partial charge in [-0.25, -0.2) is 0 Å². The van der Waals surface area contributed by atoms with Crippen LogP contribution in [-0.4, -0.2) is 24.1 Å². The maximum absolute atomic E-state index is 6.60. The quantitative estimate of drug-likeness (QED) is 0.578. The summed E-state index contributed by atoms with van der Waals surface area (Å²) in [5.74, 6) is 2.26. The predicted molar refractivity (Wildman–Crippen MR) is 81.7 cm³/mol. The van der Waals surface area contributed by atoms with Gasteiger partial charge in [0, 0.05) is 0 Å². The molecule has 0 amide bonds. The van der Waals surface area contributed by atoms with Gasteiger partial charge in [0.25, 0.3) is 0 Å². The molecule has 20 heavy (non-hydrogen) atoms. The van der Waals surface area contributed by atoms with E-state index in [9.17, 15) is 0 Å². The second kappa shape index (κ2) is 4.39. The Hall–Kier alpha value is 0.275. The predicted octanol–water partition coefficient (Wildman–Crippen LogP) is 4.05. The maximum Gasteiger partial charge on any atom is 0.476 e. The van der Waals surface area contributed by atoms with Crippen molar-refractivity contribution in [1.82, 2.24) is 0 Å². The van der Waals surface area contributed by atoms with Crippen LogP contribution in [0.4, 0.5) is 0 Å². The summed E-state index contributed by atoms with van der Waals surface area (Å²) in [7, 11) is -0.178. The third-order valence-corrected chi connectivity index (χ3v) is 7.43. The van der Waals surface area contributed by atoms with Crippen molar-refractivity contribution in [3.05, 3.63) is 0 Å². The van der Waals surface area contributed by atoms with Crippen LogP contribution < -0.4 is 0 Å². The molecule has 0 N–H and O–H groups in total. The summed E-state index contributed by atoms with van der Waals surface area (Å²) in [6, 6.07) is 0. The molecule has 5 aliphatic rings. The SMILES string of the molecule is CC1(C)[C@@H]2CC3OB(C(Cl)CC4CCC4)O[C@@]3(C)[C@H]1C2. The van der Waals surface area contributed by atoms with E-state index in [0.717, 1.165) is 24.7 Å². The summed E-state index contributed by atoms with van der Waals surface area (Å²) >= 11 is 6.60. The van der Waals surface area contributed by atoms with E-state index in [4.69, 9.17) is 20.9 Å². The van der Waals surface area contributed by atoms with Crippen LogP contribution in [0.3, 0.4) is 0 Å². The minimum Gasteiger partial charge on any atom is -0.404 e. The second-order valence-corrected chi connectivity index (χ2v) is 8.95. The second-order valence-electron chi connectivity index (χ2n) is 8.39. The van der Waals surface area contributed by atoms with Crippen LogP contribution in [-0.2, 0) is 9.31 Å². The Labute approximate surface area is 128 Å². The van der Waals surface area contributed by atoms with E-state index in [2.05, 4.69) is 20.8 Å². The van der Waals surface area contributed by atoms with Crippen molar-refractivity contribution in [2.75, 3.05) is 0 Å². The van der Waals surface area contributed by atoms with Crippen molar-refractivity contribution in [2.45, 2.75) is 76.3 Å². The highest BCUT2D eigenvalue weighted by Crippen LogP contribution is 2.65. The number of alkyl halides is 1. The molecule has 0 aromatic carbocycles. The number of hydrogen-bond donors (Lipinski definition) is 0. The first-order valence-corrected chi connectivity index (χ1v) is 8.82. The van der Waals surface area contributed by atoms with Crippen LogP contribution in [0.25, 0.3) is 0 Å². The topological polar surface area (TPSA) is 18.5 Å². The highest BCUT2D eigenvalue weighted by Gasteiger charge is 2.68. The Morgan fingerprint density at radius 3 is 2.60 bits per heavy atom. The van der Waals surface area contributed by atoms with Gasteiger partial charge >= 0.3 is 7.12 Å². The van der Waals surface area contributed by atoms with Crippen molar-refractivity contribution in [3.8, 4) is 0 Å². The average Bonchev–Trinajstić information content (AvgIpc) is 2.70. The molecule has 0 spiro atoms. The summed E-state index contributed by atoms with van der Waals surface area (Å²) in [6.07, 6.45) is 7.86. The fourth-order valence-electron chi connectivity index (χ4n) is 5.21. The summed E-state index contributed by atoms with van der Waals surface area (Å²) in [5.41, 5.74) is 0.314. The molecule has 1 aliphatic heterocycles. The Balaban J connectivity index is 1.46. The van der Waals surface area contributed by atoms with E-state index >= 15 is 0 Å². The smallest absolute Gasteiger partial charge is 0.404 e. The highest BCUT2D eigenvalue weighted by molar-refractivity contribution is 6.59. The number of hydrogen-bond acceptors (Lipinski definition) is 2. The van der Waals surface area contributed by atoms with Crippen molar-refractivity contribution < 1.29 is 9.31 Å². The molecule has 5 rings (SSSR count). The zero-order chi connectivity index (χ0) is 14.1. The zero-order valence-electron chi connectivity index (χ0n) is 12.9. The molecule has 1 heterocycles. The van der Waals surface area contributed by atoms with Crippen molar-refractivity contribution >= 4 is 18.7 Å². The van der Waals surface area contributed by atoms with Crippen LogP contribution in [0, 0.1) is 23.2 Å². The Morgan fingerprint density at radius 2 is 2.00 bits per heavy atom. The first-order chi connectivity index (χ1) is 9.41. The minimum atomic E-state index is -0.178. The molecule has 1 saturated heterocycles. The number of halogens is 1. The zero-order valence-corrected chi connectivity index (χ0v) is 13.7. The third-order valence-electron chi connectivity index (χ3n) is 7.05. The van der Waals surface area contributed by atoms with Gasteiger partial charge in [0.2, 0.25) is 0 Å². The van der Waals surface area contributed by atoms with E-state index in [0.29, 0.717) is 11.3 Å². The first kappa shape index (κ1) is 13.9. The molecule has 4 saturated carbocycles. The molecule has 112 valence electrons. The van der Waals surface area contributed by atoms with Crippen LogP contribution >= 0.6 is 11.6 Å². The van der Waals surface area contributed by atoms with Crippen molar-refractivity contribution in [3.63, 3.8) is 0 Å². The molecule has 2 nitrogen and oxygen atoms in total. The van der Waals surface area contributed by atoms with Gasteiger partial charge in [-0.15, -0.1) is 11.6 Å². The van der Waals surface area contributed by atoms with Gasteiger partial charge in [0.05, 0.1) is 17.0 Å². The normalized spacial score (nSPS) is 47.4. The van der Waals surface area contributed by atoms with Crippen LogP contribution in [0.2, 0.25) is 0 Å². The number of rotatable bonds is 3. The summed E-state index contributed by atoms with van der Waals surface area (Å²) < 4.78 is 12.7. The highest BCUT2D eigenvalue weighted by atomic mass is 35.5. The van der Waals surface area contributed by atoms with Crippen LogP contribution in [0.15, 0.2) is 0 Å². The van der Waals surface area contributed by atoms with Crippen molar-refractivity contribution in [2.24, 2.45) is 23.2 Å². The van der Waals surface area contributed by atoms with Gasteiger partial charge in [0.15, 0.2) is 0 Å². The first-order valence-electron chi connectivity index (χ1n) is 8.38. The van der Waals surface area contributed by atoms with Crippen LogP contribution in [0.5, 0.6) is 0 Å². The Kier molecular flexibility index (Phi) is 3.06. The van der Waals surface area contributed by atoms with Gasteiger partial charge < -0.3 is 9.31 Å². The minimum absolute atomic E-state index is 0.0306. The molecule has 5 atom stereocenters. The average molecular weight is 297 g/mol. The molecular weight excluding hydrogens is 270 g/mol. The van der Waals surface area contributed by atoms with Gasteiger partial charge in [-0.05, 0) is 49.4 Å². The summed E-state index contributed by atoms with van der Waals surface area (Å²) in [6.45, 7) is 7.07. The van der Waals surface area contributed by atoms with Crippen LogP contribution in [0.1, 0.15) is 59.3 Å². The summed E-state index contributed by atoms with van der Waals surface area (Å²) in [4.78, 5) is 0. The largest absolute Gasteiger partial charge is 0.476 e. The van der Waals surface area contributed by atoms with Gasteiger partial charge in [-0.3, -0.25) is 0 Å². The molecule has 0 aromatic rings. The van der Waals surface area contributed by atoms with Gasteiger partial charge in [-0.2, -0.15) is 0 Å². The van der Waals surface area contributed by atoms with Gasteiger partial charge in [-0.1, -0.05) is 33.1 Å². The Morgan fingerprint density at radius 1 is 1.25 bits per heavy atom. The van der Waals surface area contributed by atoms with E-state index in [1.54, 1.807) is 0 Å². The lowest BCUT2D eigenvalue weighted by Gasteiger charge is -2.64. The standard InChI is InChI=1S/C16H26BClO2/c1-15(2)11-8-12(15)16(3)13(9-11)19-17(20-16)14(18)7-10-5-4-6-10/h10-14H,4-9H2,1-3H3/t11-,12-,13?,14?,16-/m0/s1. The summed E-state index contributed by atoms with van der Waals surface area (Å²) in [5, 5.41) is 0.0306. The molecule has 0 radical (unpaired) electrons. The van der Waals surface area contributed by atoms with E-state index in [1.165, 1.54) is 25.7 Å². The molecule has 0 aromatic heterocycles. The monoisotopic (exact) mass is 296 g/mol. The fourth-order valence-corrected chi connectivity index (χ4v) is 5.57.